The first-order chi connectivity index (χ1) is 17.0. The Morgan fingerprint density at radius 3 is 1.49 bits per heavy atom. The van der Waals surface area contributed by atoms with Gasteiger partial charge in [-0.1, -0.05) is 112 Å². The molecule has 1 heteroatoms. The van der Waals surface area contributed by atoms with E-state index in [1.807, 2.05) is 0 Å². The smallest absolute Gasteiger partial charge is 0.0541 e. The predicted octanol–water partition coefficient (Wildman–Crippen LogP) is 9.42. The van der Waals surface area contributed by atoms with Crippen molar-refractivity contribution < 1.29 is 0 Å². The summed E-state index contributed by atoms with van der Waals surface area (Å²) in [5.41, 5.74) is 10.1. The molecule has 0 spiro atoms. The molecule has 0 unspecified atom stereocenters. The molecule has 0 aliphatic heterocycles. The molecule has 35 heavy (non-hydrogen) atoms. The Hall–Kier alpha value is -4.10. The molecule has 1 nitrogen and oxygen atoms in total. The Balaban J connectivity index is 1.48. The Morgan fingerprint density at radius 1 is 0.457 bits per heavy atom. The first-order valence-electron chi connectivity index (χ1n) is 12.3. The largest absolute Gasteiger partial charge is 0.309 e. The molecule has 0 aliphatic rings. The minimum Gasteiger partial charge on any atom is -0.309 e. The molecule has 170 valence electrons. The van der Waals surface area contributed by atoms with Crippen LogP contribution in [0.15, 0.2) is 121 Å². The van der Waals surface area contributed by atoms with E-state index >= 15 is 0 Å². The second-order valence-electron chi connectivity index (χ2n) is 10.3. The van der Waals surface area contributed by atoms with E-state index in [0.29, 0.717) is 0 Å². The first kappa shape index (κ1) is 21.4. The van der Waals surface area contributed by atoms with Crippen LogP contribution in [0.2, 0.25) is 0 Å². The van der Waals surface area contributed by atoms with Gasteiger partial charge in [0.1, 0.15) is 0 Å². The van der Waals surface area contributed by atoms with Gasteiger partial charge >= 0.3 is 0 Å². The second kappa shape index (κ2) is 8.29. The maximum Gasteiger partial charge on any atom is 0.0541 e. The molecular weight excluding hydrogens is 422 g/mol. The van der Waals surface area contributed by atoms with Crippen molar-refractivity contribution in [3.05, 3.63) is 127 Å². The number of fused-ring (bicyclic) bond motifs is 3. The van der Waals surface area contributed by atoms with Gasteiger partial charge in [0.25, 0.3) is 0 Å². The van der Waals surface area contributed by atoms with Crippen molar-refractivity contribution in [2.75, 3.05) is 0 Å². The van der Waals surface area contributed by atoms with Gasteiger partial charge in [-0.25, -0.2) is 0 Å². The summed E-state index contributed by atoms with van der Waals surface area (Å²) in [5, 5.41) is 2.58. The van der Waals surface area contributed by atoms with Gasteiger partial charge in [-0.15, -0.1) is 0 Å². The van der Waals surface area contributed by atoms with Gasteiger partial charge in [-0.2, -0.15) is 0 Å². The molecule has 6 rings (SSSR count). The van der Waals surface area contributed by atoms with E-state index in [2.05, 4.69) is 147 Å². The second-order valence-corrected chi connectivity index (χ2v) is 10.3. The highest BCUT2D eigenvalue weighted by molar-refractivity contribution is 6.09. The van der Waals surface area contributed by atoms with Gasteiger partial charge in [0, 0.05) is 16.5 Å². The normalized spacial score (nSPS) is 11.9. The first-order valence-corrected chi connectivity index (χ1v) is 12.3. The number of hydrogen-bond acceptors (Lipinski definition) is 0. The fourth-order valence-electron chi connectivity index (χ4n) is 5.03. The van der Waals surface area contributed by atoms with Gasteiger partial charge in [-0.3, -0.25) is 0 Å². The van der Waals surface area contributed by atoms with Gasteiger partial charge in [0.05, 0.1) is 11.0 Å². The summed E-state index contributed by atoms with van der Waals surface area (Å²) in [6.07, 6.45) is 0. The molecular formula is C34H29N. The summed E-state index contributed by atoms with van der Waals surface area (Å²) in [5.74, 6) is 0. The molecule has 0 saturated heterocycles. The molecule has 6 aromatic rings. The summed E-state index contributed by atoms with van der Waals surface area (Å²) in [4.78, 5) is 0. The van der Waals surface area contributed by atoms with Gasteiger partial charge < -0.3 is 4.57 Å². The lowest BCUT2D eigenvalue weighted by Gasteiger charge is -2.22. The van der Waals surface area contributed by atoms with Crippen LogP contribution in [0.25, 0.3) is 49.7 Å². The number of nitrogens with zero attached hydrogens (tertiary/aromatic N) is 1. The SMILES string of the molecule is CC(C)(C)c1cc(-c2ccccc2)cc(-c2ccc(-n3c4ccccc4c4ccccc43)cc2)c1. The highest BCUT2D eigenvalue weighted by atomic mass is 15.0. The number of benzene rings is 5. The zero-order chi connectivity index (χ0) is 24.0. The molecule has 0 fully saturated rings. The minimum atomic E-state index is 0.0719. The van der Waals surface area contributed by atoms with Crippen molar-refractivity contribution in [2.24, 2.45) is 0 Å². The standard InChI is InChI=1S/C34H29N/c1-34(2,3)28-22-26(24-11-5-4-6-12-24)21-27(23-28)25-17-19-29(20-18-25)35-32-15-9-7-13-30(32)31-14-8-10-16-33(31)35/h4-23H,1-3H3. The number of rotatable bonds is 3. The molecule has 5 aromatic carbocycles. The number of para-hydroxylation sites is 2. The van der Waals surface area contributed by atoms with Crippen LogP contribution in [0.1, 0.15) is 26.3 Å². The van der Waals surface area contributed by atoms with E-state index in [1.165, 1.54) is 55.3 Å². The lowest BCUT2D eigenvalue weighted by Crippen LogP contribution is -2.11. The minimum absolute atomic E-state index is 0.0719. The molecule has 0 radical (unpaired) electrons. The summed E-state index contributed by atoms with van der Waals surface area (Å²) in [7, 11) is 0. The lowest BCUT2D eigenvalue weighted by atomic mass is 9.83. The molecule has 0 atom stereocenters. The molecule has 1 heterocycles. The molecule has 0 aliphatic carbocycles. The van der Waals surface area contributed by atoms with Crippen LogP contribution in [0.3, 0.4) is 0 Å². The summed E-state index contributed by atoms with van der Waals surface area (Å²) < 4.78 is 2.37. The fourth-order valence-corrected chi connectivity index (χ4v) is 5.03. The van der Waals surface area contributed by atoms with Crippen LogP contribution in [-0.4, -0.2) is 4.57 Å². The Bertz CT molecular complexity index is 1590. The third-order valence-electron chi connectivity index (χ3n) is 6.95. The van der Waals surface area contributed by atoms with Gasteiger partial charge in [0.2, 0.25) is 0 Å². The van der Waals surface area contributed by atoms with E-state index in [0.717, 1.165) is 0 Å². The average Bonchev–Trinajstić information content (AvgIpc) is 3.23. The number of aromatic nitrogens is 1. The Labute approximate surface area is 207 Å². The number of hydrogen-bond donors (Lipinski definition) is 0. The average molecular weight is 452 g/mol. The Kier molecular flexibility index (Phi) is 5.07. The van der Waals surface area contributed by atoms with Crippen molar-refractivity contribution in [3.63, 3.8) is 0 Å². The summed E-state index contributed by atoms with van der Waals surface area (Å²) in [6.45, 7) is 6.85. The maximum atomic E-state index is 2.37. The van der Waals surface area contributed by atoms with Crippen molar-refractivity contribution in [1.82, 2.24) is 4.57 Å². The van der Waals surface area contributed by atoms with Crippen LogP contribution in [0.4, 0.5) is 0 Å². The van der Waals surface area contributed by atoms with E-state index in [1.54, 1.807) is 0 Å². The third kappa shape index (κ3) is 3.84. The van der Waals surface area contributed by atoms with Gasteiger partial charge in [-0.05, 0) is 63.6 Å². The topological polar surface area (TPSA) is 4.93 Å². The highest BCUT2D eigenvalue weighted by Crippen LogP contribution is 2.35. The fraction of sp³-hybridized carbons (Fsp3) is 0.118. The van der Waals surface area contributed by atoms with E-state index in [-0.39, 0.29) is 5.41 Å². The van der Waals surface area contributed by atoms with Crippen molar-refractivity contribution >= 4 is 21.8 Å². The van der Waals surface area contributed by atoms with Crippen LogP contribution < -0.4 is 0 Å². The van der Waals surface area contributed by atoms with Crippen molar-refractivity contribution in [2.45, 2.75) is 26.2 Å². The van der Waals surface area contributed by atoms with Gasteiger partial charge in [0.15, 0.2) is 0 Å². The van der Waals surface area contributed by atoms with E-state index < -0.39 is 0 Å². The zero-order valence-corrected chi connectivity index (χ0v) is 20.5. The van der Waals surface area contributed by atoms with E-state index in [9.17, 15) is 0 Å². The summed E-state index contributed by atoms with van der Waals surface area (Å²) in [6, 6.07) is 44.0. The summed E-state index contributed by atoms with van der Waals surface area (Å²) >= 11 is 0. The molecule has 0 bridgehead atoms. The van der Waals surface area contributed by atoms with Crippen molar-refractivity contribution in [3.8, 4) is 27.9 Å². The highest BCUT2D eigenvalue weighted by Gasteiger charge is 2.17. The van der Waals surface area contributed by atoms with Crippen LogP contribution >= 0.6 is 0 Å². The van der Waals surface area contributed by atoms with Crippen LogP contribution in [-0.2, 0) is 5.41 Å². The Morgan fingerprint density at radius 2 is 0.943 bits per heavy atom. The quantitative estimate of drug-likeness (QED) is 0.252. The van der Waals surface area contributed by atoms with Crippen LogP contribution in [0.5, 0.6) is 0 Å². The lowest BCUT2D eigenvalue weighted by molar-refractivity contribution is 0.590. The molecule has 0 saturated carbocycles. The van der Waals surface area contributed by atoms with E-state index in [4.69, 9.17) is 0 Å². The third-order valence-corrected chi connectivity index (χ3v) is 6.95. The van der Waals surface area contributed by atoms with Crippen LogP contribution in [0, 0.1) is 0 Å². The molecule has 0 N–H and O–H groups in total. The molecule has 0 amide bonds. The predicted molar refractivity (Wildman–Crippen MR) is 150 cm³/mol. The molecule has 1 aromatic heterocycles. The maximum absolute atomic E-state index is 2.37. The zero-order valence-electron chi connectivity index (χ0n) is 20.5. The van der Waals surface area contributed by atoms with Crippen molar-refractivity contribution in [1.29, 1.82) is 0 Å². The monoisotopic (exact) mass is 451 g/mol.